The van der Waals surface area contributed by atoms with Gasteiger partial charge in [-0.25, -0.2) is 8.42 Å². The highest BCUT2D eigenvalue weighted by atomic mass is 35.5. The number of rotatable bonds is 7. The molecule has 0 unspecified atom stereocenters. The van der Waals surface area contributed by atoms with Crippen molar-refractivity contribution in [3.8, 4) is 5.75 Å². The summed E-state index contributed by atoms with van der Waals surface area (Å²) in [5.74, 6) is -1.53. The minimum absolute atomic E-state index is 0.0344. The molecule has 1 heterocycles. The second-order valence-electron chi connectivity index (χ2n) is 6.66. The van der Waals surface area contributed by atoms with E-state index in [1.807, 2.05) is 0 Å². The van der Waals surface area contributed by atoms with Crippen LogP contribution in [0.25, 0.3) is 0 Å². The Morgan fingerprint density at radius 1 is 1.12 bits per heavy atom. The summed E-state index contributed by atoms with van der Waals surface area (Å²) in [5.41, 5.74) is -0.974. The van der Waals surface area contributed by atoms with E-state index in [1.165, 1.54) is 55.6 Å². The molecule has 3 aromatic rings. The summed E-state index contributed by atoms with van der Waals surface area (Å²) in [5, 5.41) is 2.54. The molecule has 170 valence electrons. The van der Waals surface area contributed by atoms with Gasteiger partial charge in [-0.05, 0) is 42.0 Å². The first-order valence-corrected chi connectivity index (χ1v) is 11.1. The smallest absolute Gasteiger partial charge is 0.416 e. The van der Waals surface area contributed by atoms with E-state index in [1.54, 1.807) is 0 Å². The van der Waals surface area contributed by atoms with Crippen LogP contribution in [0.3, 0.4) is 0 Å². The zero-order valence-corrected chi connectivity index (χ0v) is 18.1. The normalized spacial score (nSPS) is 11.9. The lowest BCUT2D eigenvalue weighted by Gasteiger charge is -2.12. The SMILES string of the molecule is COc1ccc(Cl)cc1S(=O)(=O)Cc1ccc(C(=O)NCc2ccccc2C(F)(F)F)o1. The number of halogens is 4. The zero-order chi connectivity index (χ0) is 23.5. The number of alkyl halides is 3. The number of furan rings is 1. The molecule has 3 rings (SSSR count). The van der Waals surface area contributed by atoms with E-state index in [0.29, 0.717) is 0 Å². The predicted molar refractivity (Wildman–Crippen MR) is 110 cm³/mol. The van der Waals surface area contributed by atoms with Gasteiger partial charge < -0.3 is 14.5 Å². The number of sulfone groups is 1. The molecular weight excluding hydrogens is 471 g/mol. The molecule has 0 radical (unpaired) electrons. The van der Waals surface area contributed by atoms with Gasteiger partial charge in [0.15, 0.2) is 15.6 Å². The molecule has 32 heavy (non-hydrogen) atoms. The molecule has 0 aliphatic rings. The van der Waals surface area contributed by atoms with Gasteiger partial charge in [0.05, 0.1) is 12.7 Å². The largest absolute Gasteiger partial charge is 0.495 e. The van der Waals surface area contributed by atoms with Gasteiger partial charge in [-0.3, -0.25) is 4.79 Å². The van der Waals surface area contributed by atoms with Crippen molar-refractivity contribution in [1.29, 1.82) is 0 Å². The molecule has 2 aromatic carbocycles. The van der Waals surface area contributed by atoms with E-state index in [4.69, 9.17) is 20.8 Å². The summed E-state index contributed by atoms with van der Waals surface area (Å²) in [6, 6.07) is 11.5. The van der Waals surface area contributed by atoms with Gasteiger partial charge in [0.2, 0.25) is 0 Å². The van der Waals surface area contributed by atoms with Crippen LogP contribution in [0.5, 0.6) is 5.75 Å². The number of amides is 1. The van der Waals surface area contributed by atoms with Crippen molar-refractivity contribution in [2.45, 2.75) is 23.4 Å². The summed E-state index contributed by atoms with van der Waals surface area (Å²) in [4.78, 5) is 12.2. The lowest BCUT2D eigenvalue weighted by Crippen LogP contribution is -2.24. The highest BCUT2D eigenvalue weighted by molar-refractivity contribution is 7.90. The van der Waals surface area contributed by atoms with Crippen LogP contribution >= 0.6 is 11.6 Å². The molecule has 0 spiro atoms. The predicted octanol–water partition coefficient (Wildman–Crippen LogP) is 4.86. The maximum Gasteiger partial charge on any atom is 0.416 e. The molecule has 1 aromatic heterocycles. The average molecular weight is 488 g/mol. The van der Waals surface area contributed by atoms with Crippen molar-refractivity contribution in [1.82, 2.24) is 5.32 Å². The third kappa shape index (κ3) is 5.43. The van der Waals surface area contributed by atoms with E-state index < -0.39 is 33.2 Å². The summed E-state index contributed by atoms with van der Waals surface area (Å²) in [7, 11) is -2.61. The Morgan fingerprint density at radius 3 is 2.53 bits per heavy atom. The number of hydrogen-bond acceptors (Lipinski definition) is 5. The highest BCUT2D eigenvalue weighted by Crippen LogP contribution is 2.32. The van der Waals surface area contributed by atoms with Gasteiger partial charge in [-0.1, -0.05) is 29.8 Å². The first kappa shape index (κ1) is 23.7. The fourth-order valence-corrected chi connectivity index (χ4v) is 4.64. The van der Waals surface area contributed by atoms with E-state index in [-0.39, 0.29) is 39.3 Å². The fraction of sp³-hybridized carbons (Fsp3) is 0.190. The van der Waals surface area contributed by atoms with Crippen LogP contribution in [0, 0.1) is 0 Å². The van der Waals surface area contributed by atoms with Crippen molar-refractivity contribution < 1.29 is 35.5 Å². The van der Waals surface area contributed by atoms with Crippen LogP contribution in [-0.4, -0.2) is 21.4 Å². The second-order valence-corrected chi connectivity index (χ2v) is 9.05. The molecule has 0 saturated heterocycles. The molecule has 11 heteroatoms. The van der Waals surface area contributed by atoms with Crippen LogP contribution < -0.4 is 10.1 Å². The minimum Gasteiger partial charge on any atom is -0.495 e. The van der Waals surface area contributed by atoms with Crippen molar-refractivity contribution in [3.05, 3.63) is 82.3 Å². The molecule has 6 nitrogen and oxygen atoms in total. The topological polar surface area (TPSA) is 85.6 Å². The number of methoxy groups -OCH3 is 1. The first-order chi connectivity index (χ1) is 15.0. The Hall–Kier alpha value is -2.98. The number of ether oxygens (including phenoxy) is 1. The molecule has 0 bridgehead atoms. The second kappa shape index (κ2) is 9.25. The van der Waals surface area contributed by atoms with Crippen LogP contribution in [-0.2, 0) is 28.3 Å². The zero-order valence-electron chi connectivity index (χ0n) is 16.6. The number of nitrogens with one attached hydrogen (secondary N) is 1. The van der Waals surface area contributed by atoms with Gasteiger partial charge in [0, 0.05) is 11.6 Å². The Bertz CT molecular complexity index is 1240. The van der Waals surface area contributed by atoms with Crippen molar-refractivity contribution in [3.63, 3.8) is 0 Å². The van der Waals surface area contributed by atoms with E-state index >= 15 is 0 Å². The molecule has 1 N–H and O–H groups in total. The quantitative estimate of drug-likeness (QED) is 0.514. The average Bonchev–Trinajstić information content (AvgIpc) is 3.19. The first-order valence-electron chi connectivity index (χ1n) is 9.09. The summed E-state index contributed by atoms with van der Waals surface area (Å²) in [6.07, 6.45) is -4.56. The Balaban J connectivity index is 1.73. The van der Waals surface area contributed by atoms with Gasteiger partial charge in [-0.2, -0.15) is 13.2 Å². The number of carbonyl (C=O) groups is 1. The maximum atomic E-state index is 13.1. The third-order valence-electron chi connectivity index (χ3n) is 4.44. The lowest BCUT2D eigenvalue weighted by molar-refractivity contribution is -0.138. The van der Waals surface area contributed by atoms with E-state index in [0.717, 1.165) is 6.07 Å². The van der Waals surface area contributed by atoms with Gasteiger partial charge in [0.1, 0.15) is 22.2 Å². The van der Waals surface area contributed by atoms with Crippen LogP contribution in [0.15, 0.2) is 63.9 Å². The summed E-state index contributed by atoms with van der Waals surface area (Å²) < 4.78 is 75.1. The Kier molecular flexibility index (Phi) is 6.85. The van der Waals surface area contributed by atoms with E-state index in [2.05, 4.69) is 5.32 Å². The number of hydrogen-bond donors (Lipinski definition) is 1. The molecular formula is C21H17ClF3NO5S. The summed E-state index contributed by atoms with van der Waals surface area (Å²) in [6.45, 7) is -0.386. The van der Waals surface area contributed by atoms with Gasteiger partial charge >= 0.3 is 6.18 Å². The Morgan fingerprint density at radius 2 is 1.84 bits per heavy atom. The van der Waals surface area contributed by atoms with Crippen molar-refractivity contribution >= 4 is 27.3 Å². The number of carbonyl (C=O) groups excluding carboxylic acids is 1. The molecule has 1 amide bonds. The summed E-state index contributed by atoms with van der Waals surface area (Å²) >= 11 is 5.89. The van der Waals surface area contributed by atoms with Crippen LogP contribution in [0.2, 0.25) is 5.02 Å². The highest BCUT2D eigenvalue weighted by Gasteiger charge is 2.33. The minimum atomic E-state index is -4.56. The molecule has 0 aliphatic carbocycles. The van der Waals surface area contributed by atoms with Gasteiger partial charge in [-0.15, -0.1) is 0 Å². The Labute approximate surface area is 186 Å². The van der Waals surface area contributed by atoms with E-state index in [9.17, 15) is 26.4 Å². The molecule has 0 saturated carbocycles. The molecule has 0 fully saturated rings. The van der Waals surface area contributed by atoms with Crippen molar-refractivity contribution in [2.24, 2.45) is 0 Å². The fourth-order valence-electron chi connectivity index (χ4n) is 2.95. The maximum absolute atomic E-state index is 13.1. The van der Waals surface area contributed by atoms with Gasteiger partial charge in [0.25, 0.3) is 5.91 Å². The van der Waals surface area contributed by atoms with Crippen molar-refractivity contribution in [2.75, 3.05) is 7.11 Å². The van der Waals surface area contributed by atoms with Crippen LogP contribution in [0.4, 0.5) is 13.2 Å². The molecule has 0 atom stereocenters. The van der Waals surface area contributed by atoms with Crippen LogP contribution in [0.1, 0.15) is 27.4 Å². The number of benzene rings is 2. The molecule has 0 aliphatic heterocycles. The standard InChI is InChI=1S/C21H17ClF3NO5S/c1-30-17-8-6-14(22)10-19(17)32(28,29)12-15-7-9-18(31-15)20(27)26-11-13-4-2-3-5-16(13)21(23,24)25/h2-10H,11-12H2,1H3,(H,26,27). The monoisotopic (exact) mass is 487 g/mol. The lowest BCUT2D eigenvalue weighted by atomic mass is 10.1. The third-order valence-corrected chi connectivity index (χ3v) is 6.33.